The van der Waals surface area contributed by atoms with E-state index in [-0.39, 0.29) is 12.2 Å². The van der Waals surface area contributed by atoms with Crippen LogP contribution in [0.4, 0.5) is 0 Å². The zero-order valence-corrected chi connectivity index (χ0v) is 12.8. The van der Waals surface area contributed by atoms with Crippen LogP contribution in [0.25, 0.3) is 0 Å². The minimum absolute atomic E-state index is 0.123. The fourth-order valence-corrected chi connectivity index (χ4v) is 5.32. The minimum atomic E-state index is -3.02. The third-order valence-electron chi connectivity index (χ3n) is 3.65. The van der Waals surface area contributed by atoms with E-state index in [4.69, 9.17) is 9.05 Å². The summed E-state index contributed by atoms with van der Waals surface area (Å²) in [4.78, 5) is 0. The standard InChI is InChI=1S/C12H22BrO3P/c13-17(14,15-11-7-3-1-4-8-11)16-12-9-5-2-6-10-12/h11-12H,1-10H2. The van der Waals surface area contributed by atoms with E-state index < -0.39 is 6.30 Å². The average molecular weight is 325 g/mol. The molecule has 0 aromatic heterocycles. The summed E-state index contributed by atoms with van der Waals surface area (Å²) >= 11 is 3.16. The Kier molecular flexibility index (Phi) is 5.53. The lowest BCUT2D eigenvalue weighted by atomic mass is 9.98. The molecule has 0 amide bonds. The molecule has 2 saturated carbocycles. The third-order valence-corrected chi connectivity index (χ3v) is 5.76. The first-order chi connectivity index (χ1) is 8.16. The second-order valence-corrected chi connectivity index (χ2v) is 9.05. The molecule has 2 rings (SSSR count). The smallest absolute Gasteiger partial charge is 0.297 e. The van der Waals surface area contributed by atoms with Crippen LogP contribution in [0.3, 0.4) is 0 Å². The van der Waals surface area contributed by atoms with E-state index in [1.807, 2.05) is 0 Å². The van der Waals surface area contributed by atoms with Crippen molar-refractivity contribution in [1.82, 2.24) is 0 Å². The largest absolute Gasteiger partial charge is 0.396 e. The fraction of sp³-hybridized carbons (Fsp3) is 1.00. The number of halogens is 1. The van der Waals surface area contributed by atoms with Gasteiger partial charge < -0.3 is 0 Å². The Bertz CT molecular complexity index is 249. The Morgan fingerprint density at radius 1 is 0.765 bits per heavy atom. The molecule has 0 unspecified atom stereocenters. The molecule has 2 fully saturated rings. The van der Waals surface area contributed by atoms with Gasteiger partial charge >= 0.3 is 6.30 Å². The highest BCUT2D eigenvalue weighted by Gasteiger charge is 2.30. The van der Waals surface area contributed by atoms with Crippen LogP contribution in [0.5, 0.6) is 0 Å². The van der Waals surface area contributed by atoms with Crippen molar-refractivity contribution >= 4 is 21.8 Å². The van der Waals surface area contributed by atoms with E-state index in [2.05, 4.69) is 15.5 Å². The van der Waals surface area contributed by atoms with E-state index in [9.17, 15) is 4.57 Å². The Labute approximate surface area is 112 Å². The normalized spacial score (nSPS) is 25.0. The summed E-state index contributed by atoms with van der Waals surface area (Å²) < 4.78 is 23.5. The maximum Gasteiger partial charge on any atom is 0.396 e. The third kappa shape index (κ3) is 5.02. The summed E-state index contributed by atoms with van der Waals surface area (Å²) in [5, 5.41) is 0. The zero-order valence-electron chi connectivity index (χ0n) is 10.3. The monoisotopic (exact) mass is 324 g/mol. The molecule has 0 aromatic carbocycles. The quantitative estimate of drug-likeness (QED) is 0.668. The van der Waals surface area contributed by atoms with Crippen LogP contribution in [-0.4, -0.2) is 12.2 Å². The van der Waals surface area contributed by atoms with Crippen LogP contribution < -0.4 is 0 Å². The first-order valence-corrected chi connectivity index (χ1v) is 10.4. The van der Waals surface area contributed by atoms with Crippen molar-refractivity contribution in [2.45, 2.75) is 76.4 Å². The van der Waals surface area contributed by atoms with Gasteiger partial charge in [-0.05, 0) is 25.7 Å². The summed E-state index contributed by atoms with van der Waals surface area (Å²) in [5.41, 5.74) is 0. The average Bonchev–Trinajstić information content (AvgIpc) is 2.30. The van der Waals surface area contributed by atoms with Crippen LogP contribution in [0, 0.1) is 0 Å². The molecule has 0 saturated heterocycles. The second-order valence-electron chi connectivity index (χ2n) is 5.16. The van der Waals surface area contributed by atoms with Crippen molar-refractivity contribution in [2.24, 2.45) is 0 Å². The van der Waals surface area contributed by atoms with Gasteiger partial charge in [-0.3, -0.25) is 9.05 Å². The van der Waals surface area contributed by atoms with Crippen molar-refractivity contribution in [3.63, 3.8) is 0 Å². The number of hydrogen-bond acceptors (Lipinski definition) is 3. The summed E-state index contributed by atoms with van der Waals surface area (Å²) in [6.45, 7) is 0. The van der Waals surface area contributed by atoms with Crippen molar-refractivity contribution in [1.29, 1.82) is 0 Å². The van der Waals surface area contributed by atoms with Crippen molar-refractivity contribution in [3.8, 4) is 0 Å². The van der Waals surface area contributed by atoms with Crippen molar-refractivity contribution in [2.75, 3.05) is 0 Å². The molecule has 0 heterocycles. The molecule has 5 heteroatoms. The highest BCUT2D eigenvalue weighted by atomic mass is 79.9. The predicted octanol–water partition coefficient (Wildman–Crippen LogP) is 5.19. The van der Waals surface area contributed by atoms with E-state index in [1.54, 1.807) is 0 Å². The lowest BCUT2D eigenvalue weighted by molar-refractivity contribution is 0.0897. The lowest BCUT2D eigenvalue weighted by Gasteiger charge is -2.28. The van der Waals surface area contributed by atoms with Gasteiger partial charge in [0.1, 0.15) is 0 Å². The SMILES string of the molecule is O=P(Br)(OC1CCCCC1)OC1CCCCC1. The van der Waals surface area contributed by atoms with Crippen LogP contribution in [0.1, 0.15) is 64.2 Å². The molecule has 0 bridgehead atoms. The molecule has 3 nitrogen and oxygen atoms in total. The van der Waals surface area contributed by atoms with Crippen LogP contribution in [-0.2, 0) is 13.6 Å². The van der Waals surface area contributed by atoms with Crippen molar-refractivity contribution in [3.05, 3.63) is 0 Å². The fourth-order valence-electron chi connectivity index (χ4n) is 2.72. The van der Waals surface area contributed by atoms with Gasteiger partial charge in [0.25, 0.3) is 0 Å². The van der Waals surface area contributed by atoms with Crippen molar-refractivity contribution < 1.29 is 13.6 Å². The molecule has 0 aliphatic heterocycles. The predicted molar refractivity (Wildman–Crippen MR) is 72.4 cm³/mol. The summed E-state index contributed by atoms with van der Waals surface area (Å²) in [5.74, 6) is 0. The van der Waals surface area contributed by atoms with E-state index >= 15 is 0 Å². The highest BCUT2D eigenvalue weighted by Crippen LogP contribution is 2.59. The maximum absolute atomic E-state index is 12.2. The Balaban J connectivity index is 1.78. The van der Waals surface area contributed by atoms with Crippen LogP contribution >= 0.6 is 21.8 Å². The first kappa shape index (κ1) is 14.0. The highest BCUT2D eigenvalue weighted by molar-refractivity contribution is 9.39. The van der Waals surface area contributed by atoms with E-state index in [0.29, 0.717) is 0 Å². The van der Waals surface area contributed by atoms with Gasteiger partial charge in [-0.1, -0.05) is 38.5 Å². The maximum atomic E-state index is 12.2. The first-order valence-electron chi connectivity index (χ1n) is 6.82. The molecular weight excluding hydrogens is 303 g/mol. The van der Waals surface area contributed by atoms with E-state index in [1.165, 1.54) is 38.5 Å². The molecule has 0 aromatic rings. The molecule has 0 N–H and O–H groups in total. The molecular formula is C12H22BrO3P. The van der Waals surface area contributed by atoms with Gasteiger partial charge in [0, 0.05) is 15.5 Å². The number of rotatable bonds is 4. The van der Waals surface area contributed by atoms with Gasteiger partial charge in [-0.25, -0.2) is 4.57 Å². The van der Waals surface area contributed by atoms with Gasteiger partial charge in [-0.15, -0.1) is 0 Å². The van der Waals surface area contributed by atoms with E-state index in [0.717, 1.165) is 25.7 Å². The molecule has 0 radical (unpaired) electrons. The Morgan fingerprint density at radius 2 is 1.12 bits per heavy atom. The summed E-state index contributed by atoms with van der Waals surface area (Å²) in [6, 6.07) is 0. The topological polar surface area (TPSA) is 35.5 Å². The second kappa shape index (κ2) is 6.70. The van der Waals surface area contributed by atoms with Crippen LogP contribution in [0.2, 0.25) is 0 Å². The summed E-state index contributed by atoms with van der Waals surface area (Å²) in [7, 11) is 0. The molecule has 2 aliphatic carbocycles. The molecule has 2 aliphatic rings. The van der Waals surface area contributed by atoms with Gasteiger partial charge in [0.2, 0.25) is 0 Å². The molecule has 0 spiro atoms. The van der Waals surface area contributed by atoms with Gasteiger partial charge in [0.15, 0.2) is 0 Å². The minimum Gasteiger partial charge on any atom is -0.297 e. The lowest BCUT2D eigenvalue weighted by Crippen LogP contribution is -2.18. The zero-order chi connectivity index (χ0) is 12.1. The molecule has 100 valence electrons. The van der Waals surface area contributed by atoms with Crippen LogP contribution in [0.15, 0.2) is 0 Å². The summed E-state index contributed by atoms with van der Waals surface area (Å²) in [6.07, 6.45) is 8.57. The molecule has 0 atom stereocenters. The number of hydrogen-bond donors (Lipinski definition) is 0. The molecule has 17 heavy (non-hydrogen) atoms. The Hall–Kier alpha value is 0.630. The Morgan fingerprint density at radius 3 is 1.47 bits per heavy atom. The van der Waals surface area contributed by atoms with Gasteiger partial charge in [-0.2, -0.15) is 0 Å². The van der Waals surface area contributed by atoms with Gasteiger partial charge in [0.05, 0.1) is 12.2 Å².